The molecule has 2 aromatic heterocycles. The smallest absolute Gasteiger partial charge is 0.271 e. The van der Waals surface area contributed by atoms with Crippen LogP contribution >= 0.6 is 11.6 Å². The van der Waals surface area contributed by atoms with Gasteiger partial charge in [0.25, 0.3) is 5.91 Å². The number of carbonyl (C=O) groups is 1. The molecule has 0 radical (unpaired) electrons. The number of likely N-dealkylation sites (tertiary alicyclic amines) is 1. The number of rotatable bonds is 2. The number of carbonyl (C=O) groups excluding carboxylic acids is 1. The molecule has 0 spiro atoms. The summed E-state index contributed by atoms with van der Waals surface area (Å²) in [4.78, 5) is 22.0. The zero-order chi connectivity index (χ0) is 15.8. The Kier molecular flexibility index (Phi) is 3.58. The van der Waals surface area contributed by atoms with Crippen LogP contribution in [0, 0.1) is 0 Å². The molecular weight excluding hydrogens is 312 g/mol. The van der Waals surface area contributed by atoms with E-state index < -0.39 is 0 Å². The van der Waals surface area contributed by atoms with Gasteiger partial charge >= 0.3 is 0 Å². The maximum atomic E-state index is 12.9. The highest BCUT2D eigenvalue weighted by Gasteiger charge is 2.27. The number of para-hydroxylation sites is 1. The highest BCUT2D eigenvalue weighted by Crippen LogP contribution is 2.30. The van der Waals surface area contributed by atoms with E-state index in [-0.39, 0.29) is 11.9 Å². The Bertz CT molecular complexity index is 840. The molecule has 0 aliphatic carbocycles. The first kappa shape index (κ1) is 14.3. The van der Waals surface area contributed by atoms with E-state index in [4.69, 9.17) is 11.6 Å². The summed E-state index contributed by atoms with van der Waals surface area (Å²) < 4.78 is 2.08. The lowest BCUT2D eigenvalue weighted by atomic mass is 10.1. The van der Waals surface area contributed by atoms with E-state index in [0.29, 0.717) is 17.3 Å². The van der Waals surface area contributed by atoms with Crippen LogP contribution in [0.4, 0.5) is 0 Å². The minimum Gasteiger partial charge on any atom is -0.349 e. The van der Waals surface area contributed by atoms with Crippen LogP contribution in [0.5, 0.6) is 0 Å². The van der Waals surface area contributed by atoms with Crippen molar-refractivity contribution in [1.82, 2.24) is 19.4 Å². The number of aromatic nitrogens is 3. The van der Waals surface area contributed by atoms with Gasteiger partial charge in [0, 0.05) is 36.4 Å². The number of hydrogen-bond acceptors (Lipinski definition) is 2. The third-order valence-electron chi connectivity index (χ3n) is 4.49. The fraction of sp³-hybridized carbons (Fsp3) is 0.294. The summed E-state index contributed by atoms with van der Waals surface area (Å²) >= 11 is 6.41. The van der Waals surface area contributed by atoms with Gasteiger partial charge in [-0.25, -0.2) is 4.98 Å². The van der Waals surface area contributed by atoms with Crippen LogP contribution in [0.2, 0.25) is 5.02 Å². The summed E-state index contributed by atoms with van der Waals surface area (Å²) in [6.07, 6.45) is 7.57. The quantitative estimate of drug-likeness (QED) is 0.782. The average Bonchev–Trinajstić information content (AvgIpc) is 3.23. The number of fused-ring (bicyclic) bond motifs is 1. The Morgan fingerprint density at radius 3 is 3.00 bits per heavy atom. The van der Waals surface area contributed by atoms with Crippen molar-refractivity contribution in [2.45, 2.75) is 18.9 Å². The summed E-state index contributed by atoms with van der Waals surface area (Å²) in [5, 5.41) is 1.40. The molecule has 5 nitrogen and oxygen atoms in total. The number of aromatic amines is 1. The van der Waals surface area contributed by atoms with Crippen LogP contribution in [-0.4, -0.2) is 38.4 Å². The first-order valence-corrected chi connectivity index (χ1v) is 8.15. The highest BCUT2D eigenvalue weighted by molar-refractivity contribution is 6.38. The van der Waals surface area contributed by atoms with Gasteiger partial charge in [-0.3, -0.25) is 4.79 Å². The second kappa shape index (κ2) is 5.74. The molecule has 1 aliphatic heterocycles. The van der Waals surface area contributed by atoms with Crippen LogP contribution in [0.15, 0.2) is 43.0 Å². The first-order valence-electron chi connectivity index (χ1n) is 7.77. The van der Waals surface area contributed by atoms with Crippen LogP contribution in [0.25, 0.3) is 10.9 Å². The average molecular weight is 329 g/mol. The number of halogens is 1. The molecule has 118 valence electrons. The van der Waals surface area contributed by atoms with Crippen LogP contribution in [-0.2, 0) is 0 Å². The number of hydrogen-bond donors (Lipinski definition) is 1. The van der Waals surface area contributed by atoms with E-state index in [1.54, 1.807) is 6.20 Å². The largest absolute Gasteiger partial charge is 0.349 e. The molecule has 0 bridgehead atoms. The molecule has 1 saturated heterocycles. The zero-order valence-corrected chi connectivity index (χ0v) is 13.3. The van der Waals surface area contributed by atoms with Crippen LogP contribution in [0.1, 0.15) is 29.4 Å². The number of imidazole rings is 1. The lowest BCUT2D eigenvalue weighted by Gasteiger charge is -2.33. The predicted molar refractivity (Wildman–Crippen MR) is 89.7 cm³/mol. The molecule has 1 aliphatic rings. The molecular formula is C17H17ClN4O. The molecule has 1 atom stereocenters. The number of amides is 1. The van der Waals surface area contributed by atoms with Gasteiger partial charge in [0.05, 0.1) is 17.4 Å². The minimum absolute atomic E-state index is 0.0315. The van der Waals surface area contributed by atoms with Gasteiger partial charge in [-0.2, -0.15) is 0 Å². The third-order valence-corrected chi connectivity index (χ3v) is 4.88. The second-order valence-corrected chi connectivity index (χ2v) is 6.29. The normalized spacial score (nSPS) is 18.5. The van der Waals surface area contributed by atoms with Gasteiger partial charge < -0.3 is 14.5 Å². The van der Waals surface area contributed by atoms with Crippen molar-refractivity contribution in [3.63, 3.8) is 0 Å². The molecule has 4 rings (SSSR count). The monoisotopic (exact) mass is 328 g/mol. The van der Waals surface area contributed by atoms with E-state index in [0.717, 1.165) is 30.3 Å². The Hall–Kier alpha value is -2.27. The van der Waals surface area contributed by atoms with Crippen molar-refractivity contribution in [3.05, 3.63) is 53.7 Å². The Morgan fingerprint density at radius 1 is 1.35 bits per heavy atom. The number of nitrogens with zero attached hydrogens (tertiary/aromatic N) is 3. The van der Waals surface area contributed by atoms with Gasteiger partial charge in [0.1, 0.15) is 5.69 Å². The molecule has 3 heterocycles. The molecule has 1 amide bonds. The molecule has 1 fully saturated rings. The van der Waals surface area contributed by atoms with E-state index in [1.807, 2.05) is 41.7 Å². The summed E-state index contributed by atoms with van der Waals surface area (Å²) in [6.45, 7) is 1.44. The number of nitrogens with one attached hydrogen (secondary N) is 1. The molecule has 23 heavy (non-hydrogen) atoms. The predicted octanol–water partition coefficient (Wildman–Crippen LogP) is 3.50. The summed E-state index contributed by atoms with van der Waals surface area (Å²) in [5.41, 5.74) is 1.38. The van der Waals surface area contributed by atoms with Crippen molar-refractivity contribution in [3.8, 4) is 0 Å². The van der Waals surface area contributed by atoms with Gasteiger partial charge in [-0.05, 0) is 18.9 Å². The SMILES string of the molecule is O=C(c1[nH]c2ccccc2c1Cl)N1CCCC(n2ccnc2)C1. The van der Waals surface area contributed by atoms with Crippen molar-refractivity contribution >= 4 is 28.4 Å². The number of piperidine rings is 1. The standard InChI is InChI=1S/C17H17ClN4O/c18-15-13-5-1-2-6-14(13)20-16(15)17(23)21-8-3-4-12(10-21)22-9-7-19-11-22/h1-2,5-7,9,11-12,20H,3-4,8,10H2. The fourth-order valence-corrected chi connectivity index (χ4v) is 3.57. The van der Waals surface area contributed by atoms with Crippen molar-refractivity contribution in [1.29, 1.82) is 0 Å². The lowest BCUT2D eigenvalue weighted by Crippen LogP contribution is -2.40. The zero-order valence-electron chi connectivity index (χ0n) is 12.6. The number of benzene rings is 1. The maximum absolute atomic E-state index is 12.9. The molecule has 6 heteroatoms. The summed E-state index contributed by atoms with van der Waals surface area (Å²) in [7, 11) is 0. The minimum atomic E-state index is -0.0315. The lowest BCUT2D eigenvalue weighted by molar-refractivity contribution is 0.0674. The summed E-state index contributed by atoms with van der Waals surface area (Å²) in [6, 6.07) is 7.99. The fourth-order valence-electron chi connectivity index (χ4n) is 3.28. The van der Waals surface area contributed by atoms with Crippen LogP contribution in [0.3, 0.4) is 0 Å². The molecule has 3 aromatic rings. The molecule has 0 saturated carbocycles. The summed E-state index contributed by atoms with van der Waals surface area (Å²) in [5.74, 6) is -0.0315. The van der Waals surface area contributed by atoms with Gasteiger partial charge in [-0.15, -0.1) is 0 Å². The van der Waals surface area contributed by atoms with E-state index in [1.165, 1.54) is 0 Å². The van der Waals surface area contributed by atoms with Gasteiger partial charge in [-0.1, -0.05) is 29.8 Å². The van der Waals surface area contributed by atoms with Gasteiger partial charge in [0.2, 0.25) is 0 Å². The molecule has 1 unspecified atom stereocenters. The van der Waals surface area contributed by atoms with Crippen molar-refractivity contribution in [2.75, 3.05) is 13.1 Å². The van der Waals surface area contributed by atoms with E-state index in [9.17, 15) is 4.79 Å². The third kappa shape index (κ3) is 2.51. The van der Waals surface area contributed by atoms with Gasteiger partial charge in [0.15, 0.2) is 0 Å². The van der Waals surface area contributed by atoms with E-state index >= 15 is 0 Å². The molecule has 1 N–H and O–H groups in total. The van der Waals surface area contributed by atoms with Crippen molar-refractivity contribution < 1.29 is 4.79 Å². The Morgan fingerprint density at radius 2 is 2.22 bits per heavy atom. The molecule has 1 aromatic carbocycles. The Labute approximate surface area is 138 Å². The Balaban J connectivity index is 1.61. The topological polar surface area (TPSA) is 53.9 Å². The first-order chi connectivity index (χ1) is 11.2. The number of H-pyrrole nitrogens is 1. The van der Waals surface area contributed by atoms with Crippen LogP contribution < -0.4 is 0 Å². The maximum Gasteiger partial charge on any atom is 0.271 e. The van der Waals surface area contributed by atoms with Crippen molar-refractivity contribution in [2.24, 2.45) is 0 Å². The second-order valence-electron chi connectivity index (χ2n) is 5.92. The highest BCUT2D eigenvalue weighted by atomic mass is 35.5. The van der Waals surface area contributed by atoms with E-state index in [2.05, 4.69) is 14.5 Å².